The van der Waals surface area contributed by atoms with Crippen molar-refractivity contribution < 1.29 is 13.6 Å². The van der Waals surface area contributed by atoms with Gasteiger partial charge in [0, 0.05) is 23.9 Å². The number of nitrogens with zero attached hydrogens (tertiary/aromatic N) is 3. The maximum atomic E-state index is 13.2. The number of carbonyl (C=O) groups is 1. The van der Waals surface area contributed by atoms with Gasteiger partial charge >= 0.3 is 0 Å². The normalized spacial score (nSPS) is 10.6. The Kier molecular flexibility index (Phi) is 3.84. The topological polar surface area (TPSA) is 59.8 Å². The van der Waals surface area contributed by atoms with Crippen LogP contribution in [0.2, 0.25) is 0 Å². The summed E-state index contributed by atoms with van der Waals surface area (Å²) in [5, 5.41) is 10.4. The van der Waals surface area contributed by atoms with Crippen LogP contribution in [0.3, 0.4) is 0 Å². The molecule has 0 bridgehead atoms. The summed E-state index contributed by atoms with van der Waals surface area (Å²) < 4.78 is 27.9. The van der Waals surface area contributed by atoms with Crippen LogP contribution in [0.5, 0.6) is 0 Å². The number of carbonyl (C=O) groups excluding carboxylic acids is 1. The Morgan fingerprint density at radius 1 is 1.13 bits per heavy atom. The second kappa shape index (κ2) is 5.96. The van der Waals surface area contributed by atoms with Gasteiger partial charge in [-0.15, -0.1) is 10.2 Å². The summed E-state index contributed by atoms with van der Waals surface area (Å²) in [7, 11) is 1.81. The second-order valence-corrected chi connectivity index (χ2v) is 4.93. The molecule has 0 saturated heterocycles. The highest BCUT2D eigenvalue weighted by Crippen LogP contribution is 2.20. The number of amides is 1. The van der Waals surface area contributed by atoms with Crippen LogP contribution in [0.15, 0.2) is 48.8 Å². The lowest BCUT2D eigenvalue weighted by molar-refractivity contribution is 0.102. The van der Waals surface area contributed by atoms with E-state index in [9.17, 15) is 13.6 Å². The third-order valence-corrected chi connectivity index (χ3v) is 3.27. The van der Waals surface area contributed by atoms with E-state index in [1.165, 1.54) is 6.07 Å². The molecule has 0 unspecified atom stereocenters. The van der Waals surface area contributed by atoms with Crippen molar-refractivity contribution in [1.82, 2.24) is 14.8 Å². The molecule has 3 rings (SSSR count). The van der Waals surface area contributed by atoms with Crippen molar-refractivity contribution in [3.63, 3.8) is 0 Å². The highest BCUT2D eigenvalue weighted by atomic mass is 19.2. The minimum absolute atomic E-state index is 0.0351. The zero-order valence-corrected chi connectivity index (χ0v) is 12.1. The molecule has 5 nitrogen and oxygen atoms in total. The number of anilines is 1. The van der Waals surface area contributed by atoms with Gasteiger partial charge in [0.1, 0.15) is 6.33 Å². The zero-order chi connectivity index (χ0) is 16.4. The number of nitrogens with one attached hydrogen (secondary N) is 1. The van der Waals surface area contributed by atoms with E-state index < -0.39 is 17.5 Å². The van der Waals surface area contributed by atoms with Gasteiger partial charge < -0.3 is 9.88 Å². The number of aromatic nitrogens is 3. The van der Waals surface area contributed by atoms with E-state index in [1.807, 2.05) is 13.1 Å². The maximum Gasteiger partial charge on any atom is 0.255 e. The minimum atomic E-state index is -1.06. The van der Waals surface area contributed by atoms with Crippen LogP contribution in [-0.2, 0) is 7.05 Å². The van der Waals surface area contributed by atoms with Gasteiger partial charge in [0.25, 0.3) is 5.91 Å². The summed E-state index contributed by atoms with van der Waals surface area (Å²) in [6.07, 6.45) is 1.57. The van der Waals surface area contributed by atoms with Crippen molar-refractivity contribution >= 4 is 11.6 Å². The summed E-state index contributed by atoms with van der Waals surface area (Å²) >= 11 is 0. The Labute approximate surface area is 130 Å². The van der Waals surface area contributed by atoms with Crippen LogP contribution in [-0.4, -0.2) is 20.7 Å². The van der Waals surface area contributed by atoms with Crippen LogP contribution in [0.1, 0.15) is 10.4 Å². The number of halogens is 2. The molecule has 0 fully saturated rings. The average Bonchev–Trinajstić information content (AvgIpc) is 2.96. The number of rotatable bonds is 3. The van der Waals surface area contributed by atoms with Gasteiger partial charge in [-0.2, -0.15) is 0 Å². The first-order valence-electron chi connectivity index (χ1n) is 6.75. The molecular formula is C16H12F2N4O. The van der Waals surface area contributed by atoms with E-state index in [-0.39, 0.29) is 5.56 Å². The number of hydrogen-bond donors (Lipinski definition) is 1. The molecule has 116 valence electrons. The highest BCUT2D eigenvalue weighted by Gasteiger charge is 2.11. The third kappa shape index (κ3) is 3.08. The lowest BCUT2D eigenvalue weighted by atomic mass is 10.1. The van der Waals surface area contributed by atoms with E-state index in [4.69, 9.17) is 0 Å². The summed E-state index contributed by atoms with van der Waals surface area (Å²) in [5.41, 5.74) is 1.32. The molecule has 2 aromatic carbocycles. The van der Waals surface area contributed by atoms with Crippen molar-refractivity contribution in [3.8, 4) is 11.4 Å². The molecule has 23 heavy (non-hydrogen) atoms. The van der Waals surface area contributed by atoms with Gasteiger partial charge in [0.05, 0.1) is 0 Å². The fraction of sp³-hybridized carbons (Fsp3) is 0.0625. The van der Waals surface area contributed by atoms with Gasteiger partial charge in [0.15, 0.2) is 17.5 Å². The maximum absolute atomic E-state index is 13.2. The van der Waals surface area contributed by atoms with Crippen molar-refractivity contribution in [2.24, 2.45) is 7.05 Å². The Hall–Kier alpha value is -3.09. The van der Waals surface area contributed by atoms with E-state index in [0.29, 0.717) is 11.5 Å². The molecule has 1 heterocycles. The molecule has 1 N–H and O–H groups in total. The monoisotopic (exact) mass is 314 g/mol. The van der Waals surface area contributed by atoms with Crippen LogP contribution < -0.4 is 5.32 Å². The number of benzene rings is 2. The molecular weight excluding hydrogens is 302 g/mol. The molecule has 3 aromatic rings. The Morgan fingerprint density at radius 3 is 2.65 bits per heavy atom. The molecule has 0 aliphatic heterocycles. The van der Waals surface area contributed by atoms with Crippen molar-refractivity contribution in [1.29, 1.82) is 0 Å². The molecule has 0 aliphatic rings. The fourth-order valence-electron chi connectivity index (χ4n) is 2.12. The standard InChI is InChI=1S/C16H12F2N4O/c1-22-9-19-21-15(22)10-3-2-4-12(7-10)20-16(23)11-5-6-13(17)14(18)8-11/h2-9H,1H3,(H,20,23). The first kappa shape index (κ1) is 14.8. The lowest BCUT2D eigenvalue weighted by Crippen LogP contribution is -2.12. The predicted octanol–water partition coefficient (Wildman–Crippen LogP) is 3.01. The van der Waals surface area contributed by atoms with Crippen molar-refractivity contribution in [3.05, 3.63) is 66.0 Å². The first-order valence-corrected chi connectivity index (χ1v) is 6.75. The zero-order valence-electron chi connectivity index (χ0n) is 12.1. The number of aryl methyl sites for hydroxylation is 1. The largest absolute Gasteiger partial charge is 0.322 e. The van der Waals surface area contributed by atoms with Gasteiger partial charge in [0.2, 0.25) is 0 Å². The molecule has 1 amide bonds. The van der Waals surface area contributed by atoms with Crippen LogP contribution >= 0.6 is 0 Å². The molecule has 0 spiro atoms. The van der Waals surface area contributed by atoms with E-state index >= 15 is 0 Å². The van der Waals surface area contributed by atoms with Crippen molar-refractivity contribution in [2.45, 2.75) is 0 Å². The summed E-state index contributed by atoms with van der Waals surface area (Å²) in [4.78, 5) is 12.1. The molecule has 1 aromatic heterocycles. The van der Waals surface area contributed by atoms with Gasteiger partial charge in [-0.25, -0.2) is 8.78 Å². The quantitative estimate of drug-likeness (QED) is 0.808. The Morgan fingerprint density at radius 2 is 1.96 bits per heavy atom. The van der Waals surface area contributed by atoms with Crippen LogP contribution in [0.25, 0.3) is 11.4 Å². The SMILES string of the molecule is Cn1cnnc1-c1cccc(NC(=O)c2ccc(F)c(F)c2)c1. The Bertz CT molecular complexity index is 876. The van der Waals surface area contributed by atoms with E-state index in [1.54, 1.807) is 29.1 Å². The lowest BCUT2D eigenvalue weighted by Gasteiger charge is -2.07. The predicted molar refractivity (Wildman–Crippen MR) is 80.8 cm³/mol. The van der Waals surface area contributed by atoms with Gasteiger partial charge in [-0.1, -0.05) is 12.1 Å². The fourth-order valence-corrected chi connectivity index (χ4v) is 2.12. The summed E-state index contributed by atoms with van der Waals surface area (Å²) in [6, 6.07) is 10.00. The average molecular weight is 314 g/mol. The molecule has 0 radical (unpaired) electrons. The van der Waals surface area contributed by atoms with E-state index in [0.717, 1.165) is 17.7 Å². The van der Waals surface area contributed by atoms with E-state index in [2.05, 4.69) is 15.5 Å². The van der Waals surface area contributed by atoms with Crippen LogP contribution in [0.4, 0.5) is 14.5 Å². The molecule has 0 saturated carbocycles. The summed E-state index contributed by atoms with van der Waals surface area (Å²) in [6.45, 7) is 0. The molecule has 0 atom stereocenters. The second-order valence-electron chi connectivity index (χ2n) is 4.93. The number of hydrogen-bond acceptors (Lipinski definition) is 3. The van der Waals surface area contributed by atoms with Crippen molar-refractivity contribution in [2.75, 3.05) is 5.32 Å². The molecule has 0 aliphatic carbocycles. The third-order valence-electron chi connectivity index (χ3n) is 3.27. The first-order chi connectivity index (χ1) is 11.0. The summed E-state index contributed by atoms with van der Waals surface area (Å²) in [5.74, 6) is -1.94. The Balaban J connectivity index is 1.84. The highest BCUT2D eigenvalue weighted by molar-refractivity contribution is 6.04. The van der Waals surface area contributed by atoms with Crippen LogP contribution in [0, 0.1) is 11.6 Å². The minimum Gasteiger partial charge on any atom is -0.322 e. The smallest absolute Gasteiger partial charge is 0.255 e. The van der Waals surface area contributed by atoms with Gasteiger partial charge in [-0.05, 0) is 30.3 Å². The molecule has 7 heteroatoms. The van der Waals surface area contributed by atoms with Gasteiger partial charge in [-0.3, -0.25) is 4.79 Å².